The first kappa shape index (κ1) is 20.3. The van der Waals surface area contributed by atoms with Gasteiger partial charge in [0.1, 0.15) is 0 Å². The van der Waals surface area contributed by atoms with Crippen LogP contribution in [0.4, 0.5) is 4.79 Å². The molecule has 0 unspecified atom stereocenters. The lowest BCUT2D eigenvalue weighted by Gasteiger charge is -2.36. The van der Waals surface area contributed by atoms with Crippen LogP contribution in [0.2, 0.25) is 0 Å². The quantitative estimate of drug-likeness (QED) is 0.345. The first-order valence-corrected chi connectivity index (χ1v) is 10.6. The summed E-state index contributed by atoms with van der Waals surface area (Å²) in [6, 6.07) is 0. The average molecular weight is 351 g/mol. The molecule has 0 bridgehead atoms. The number of hydrogen-bond donors (Lipinski definition) is 0. The summed E-state index contributed by atoms with van der Waals surface area (Å²) in [6.45, 7) is 4.15. The van der Waals surface area contributed by atoms with E-state index in [4.69, 9.17) is 9.47 Å². The minimum Gasteiger partial charge on any atom is -0.424 e. The van der Waals surface area contributed by atoms with Crippen LogP contribution in [0.1, 0.15) is 110 Å². The molecule has 0 aromatic heterocycles. The summed E-state index contributed by atoms with van der Waals surface area (Å²) < 4.78 is 11.3. The largest absolute Gasteiger partial charge is 0.509 e. The maximum Gasteiger partial charge on any atom is 0.509 e. The highest BCUT2D eigenvalue weighted by Gasteiger charge is 2.56. The van der Waals surface area contributed by atoms with E-state index in [0.29, 0.717) is 0 Å². The van der Waals surface area contributed by atoms with Crippen molar-refractivity contribution in [1.29, 1.82) is 0 Å². The topological polar surface area (TPSA) is 35.5 Å². The Morgan fingerprint density at radius 2 is 1.00 bits per heavy atom. The van der Waals surface area contributed by atoms with Crippen LogP contribution in [-0.4, -0.2) is 17.4 Å². The second-order valence-electron chi connectivity index (χ2n) is 8.35. The van der Waals surface area contributed by atoms with Crippen LogP contribution >= 0.6 is 0 Å². The van der Waals surface area contributed by atoms with Crippen molar-refractivity contribution >= 4 is 6.16 Å². The van der Waals surface area contributed by atoms with Crippen LogP contribution in [-0.2, 0) is 9.47 Å². The Hall–Kier alpha value is -0.990. The molecule has 1 saturated heterocycles. The zero-order chi connectivity index (χ0) is 18.0. The van der Waals surface area contributed by atoms with Gasteiger partial charge in [-0.15, -0.1) is 0 Å². The summed E-state index contributed by atoms with van der Waals surface area (Å²) >= 11 is 0. The maximum absolute atomic E-state index is 11.8. The van der Waals surface area contributed by atoms with Crippen molar-refractivity contribution in [2.24, 2.45) is 0 Å². The van der Waals surface area contributed by atoms with E-state index in [1.165, 1.54) is 70.6 Å². The normalized spacial score (nSPS) is 35.4. The molecule has 2 aliphatic rings. The molecule has 1 aliphatic carbocycles. The molecular formula is C22H38O3. The van der Waals surface area contributed by atoms with E-state index in [9.17, 15) is 4.79 Å². The van der Waals surface area contributed by atoms with Gasteiger partial charge in [0.25, 0.3) is 0 Å². The fourth-order valence-electron chi connectivity index (χ4n) is 4.16. The lowest BCUT2D eigenvalue weighted by atomic mass is 9.78. The molecule has 1 fully saturated rings. The fraction of sp³-hybridized carbons (Fsp3) is 0.864. The predicted octanol–water partition coefficient (Wildman–Crippen LogP) is 7.09. The van der Waals surface area contributed by atoms with Crippen molar-refractivity contribution in [3.05, 3.63) is 12.2 Å². The molecule has 1 aliphatic heterocycles. The third-order valence-electron chi connectivity index (χ3n) is 6.20. The van der Waals surface area contributed by atoms with Crippen molar-refractivity contribution in [1.82, 2.24) is 0 Å². The molecule has 0 N–H and O–H groups in total. The molecule has 2 rings (SSSR count). The SMILES string of the molecule is C[C@@]12CCCCCC/C=C\CCCCCCCCC[C@]1(C)OC(=O)O2. The third kappa shape index (κ3) is 6.34. The molecule has 0 amide bonds. The highest BCUT2D eigenvalue weighted by atomic mass is 16.8. The average Bonchev–Trinajstić information content (AvgIpc) is 2.78. The predicted molar refractivity (Wildman–Crippen MR) is 103 cm³/mol. The number of ether oxygens (including phenoxy) is 2. The van der Waals surface area contributed by atoms with Gasteiger partial charge < -0.3 is 9.47 Å². The van der Waals surface area contributed by atoms with Gasteiger partial charge in [-0.2, -0.15) is 0 Å². The number of carbonyl (C=O) groups is 1. The molecule has 2 atom stereocenters. The minimum absolute atomic E-state index is 0.463. The first-order chi connectivity index (χ1) is 12.1. The molecule has 144 valence electrons. The van der Waals surface area contributed by atoms with Crippen molar-refractivity contribution in [2.45, 2.75) is 121 Å². The first-order valence-electron chi connectivity index (χ1n) is 10.6. The monoisotopic (exact) mass is 350 g/mol. The smallest absolute Gasteiger partial charge is 0.424 e. The number of hydrogen-bond acceptors (Lipinski definition) is 3. The molecule has 0 aromatic carbocycles. The summed E-state index contributed by atoms with van der Waals surface area (Å²) in [5, 5.41) is 0. The number of carbonyl (C=O) groups excluding carboxylic acids is 1. The van der Waals surface area contributed by atoms with Crippen molar-refractivity contribution in [3.8, 4) is 0 Å². The Bertz CT molecular complexity index is 431. The second kappa shape index (κ2) is 10.2. The van der Waals surface area contributed by atoms with Gasteiger partial charge >= 0.3 is 6.16 Å². The van der Waals surface area contributed by atoms with Crippen LogP contribution in [0.5, 0.6) is 0 Å². The summed E-state index contributed by atoms with van der Waals surface area (Å²) in [6.07, 6.45) is 22.4. The lowest BCUT2D eigenvalue weighted by molar-refractivity contribution is -0.0377. The van der Waals surface area contributed by atoms with Gasteiger partial charge in [-0.1, -0.05) is 57.1 Å². The molecule has 0 radical (unpaired) electrons. The molecule has 0 aromatic rings. The van der Waals surface area contributed by atoms with Crippen LogP contribution in [0.3, 0.4) is 0 Å². The van der Waals surface area contributed by atoms with E-state index >= 15 is 0 Å². The fourth-order valence-corrected chi connectivity index (χ4v) is 4.16. The van der Waals surface area contributed by atoms with Crippen LogP contribution < -0.4 is 0 Å². The summed E-state index contributed by atoms with van der Waals surface area (Å²) in [4.78, 5) is 11.8. The number of fused-ring (bicyclic) bond motifs is 1. The Balaban J connectivity index is 1.88. The van der Waals surface area contributed by atoms with E-state index in [-0.39, 0.29) is 0 Å². The molecule has 0 spiro atoms. The maximum atomic E-state index is 11.8. The lowest BCUT2D eigenvalue weighted by Crippen LogP contribution is -2.47. The molecule has 3 heteroatoms. The van der Waals surface area contributed by atoms with Gasteiger partial charge in [0.05, 0.1) is 0 Å². The van der Waals surface area contributed by atoms with Gasteiger partial charge in [0, 0.05) is 0 Å². The third-order valence-corrected chi connectivity index (χ3v) is 6.20. The summed E-state index contributed by atoms with van der Waals surface area (Å²) in [5.41, 5.74) is -0.928. The van der Waals surface area contributed by atoms with E-state index in [2.05, 4.69) is 26.0 Å². The van der Waals surface area contributed by atoms with Gasteiger partial charge in [0.2, 0.25) is 0 Å². The Morgan fingerprint density at radius 1 is 0.640 bits per heavy atom. The standard InChI is InChI=1S/C22H38O3/c1-21-18-16-14-12-10-8-6-4-3-5-7-9-11-13-15-17-19-22(21,2)25-20(23)24-21/h4,6H,3,5,7-19H2,1-2H3/b6-4-/t21-,22+/m1/s1. The summed E-state index contributed by atoms with van der Waals surface area (Å²) in [7, 11) is 0. The van der Waals surface area contributed by atoms with E-state index in [0.717, 1.165) is 25.7 Å². The van der Waals surface area contributed by atoms with Crippen molar-refractivity contribution in [3.63, 3.8) is 0 Å². The van der Waals surface area contributed by atoms with Crippen molar-refractivity contribution in [2.75, 3.05) is 0 Å². The van der Waals surface area contributed by atoms with E-state index < -0.39 is 17.4 Å². The van der Waals surface area contributed by atoms with Crippen molar-refractivity contribution < 1.29 is 14.3 Å². The Labute approximate surface area is 154 Å². The second-order valence-corrected chi connectivity index (χ2v) is 8.35. The highest BCUT2D eigenvalue weighted by Crippen LogP contribution is 2.43. The molecule has 1 heterocycles. The Kier molecular flexibility index (Phi) is 8.32. The zero-order valence-electron chi connectivity index (χ0n) is 16.5. The number of allylic oxidation sites excluding steroid dienone is 2. The van der Waals surface area contributed by atoms with Gasteiger partial charge in [0.15, 0.2) is 11.2 Å². The van der Waals surface area contributed by atoms with Crippen LogP contribution in [0.15, 0.2) is 12.2 Å². The number of rotatable bonds is 0. The van der Waals surface area contributed by atoms with Gasteiger partial charge in [-0.3, -0.25) is 0 Å². The summed E-state index contributed by atoms with van der Waals surface area (Å²) in [5.74, 6) is 0. The van der Waals surface area contributed by atoms with Gasteiger partial charge in [-0.05, 0) is 65.2 Å². The zero-order valence-corrected chi connectivity index (χ0v) is 16.5. The molecule has 25 heavy (non-hydrogen) atoms. The van der Waals surface area contributed by atoms with Gasteiger partial charge in [-0.25, -0.2) is 4.79 Å². The minimum atomic E-state index is -0.475. The van der Waals surface area contributed by atoms with Crippen LogP contribution in [0, 0.1) is 0 Å². The molecule has 0 saturated carbocycles. The molecule has 3 nitrogen and oxygen atoms in total. The molecular weight excluding hydrogens is 312 g/mol. The van der Waals surface area contributed by atoms with E-state index in [1.807, 2.05) is 0 Å². The Morgan fingerprint density at radius 3 is 1.44 bits per heavy atom. The van der Waals surface area contributed by atoms with E-state index in [1.54, 1.807) is 0 Å². The highest BCUT2D eigenvalue weighted by molar-refractivity contribution is 5.64. The van der Waals surface area contributed by atoms with Crippen LogP contribution in [0.25, 0.3) is 0 Å².